The van der Waals surface area contributed by atoms with Crippen LogP contribution >= 0.6 is 11.6 Å². The Hall–Kier alpha value is -2.72. The Balaban J connectivity index is 1.29. The molecular formula is C26H24ClFN2O. The zero-order chi connectivity index (χ0) is 21.4. The van der Waals surface area contributed by atoms with Gasteiger partial charge >= 0.3 is 0 Å². The molecule has 1 aliphatic carbocycles. The first-order chi connectivity index (χ1) is 15.1. The predicted molar refractivity (Wildman–Crippen MR) is 122 cm³/mol. The fraction of sp³-hybridized carbons (Fsp3) is 0.308. The first-order valence-corrected chi connectivity index (χ1v) is 11.2. The maximum absolute atomic E-state index is 13.8. The van der Waals surface area contributed by atoms with Crippen molar-refractivity contribution in [2.45, 2.75) is 44.4 Å². The molecule has 2 aromatic heterocycles. The zero-order valence-electron chi connectivity index (χ0n) is 17.4. The van der Waals surface area contributed by atoms with Gasteiger partial charge in [-0.3, -0.25) is 4.98 Å². The van der Waals surface area contributed by atoms with Crippen molar-refractivity contribution < 1.29 is 8.81 Å². The van der Waals surface area contributed by atoms with Gasteiger partial charge in [0.2, 0.25) is 0 Å². The number of halogens is 2. The van der Waals surface area contributed by atoms with E-state index in [1.807, 2.05) is 30.5 Å². The maximum Gasteiger partial charge on any atom is 0.198 e. The molecule has 158 valence electrons. The molecule has 4 aromatic rings. The Morgan fingerprint density at radius 1 is 1.00 bits per heavy atom. The largest absolute Gasteiger partial charge is 0.440 e. The van der Waals surface area contributed by atoms with E-state index in [0.29, 0.717) is 16.9 Å². The van der Waals surface area contributed by atoms with Crippen molar-refractivity contribution in [1.82, 2.24) is 9.97 Å². The summed E-state index contributed by atoms with van der Waals surface area (Å²) >= 11 is 5.98. The quantitative estimate of drug-likeness (QED) is 0.329. The summed E-state index contributed by atoms with van der Waals surface area (Å²) in [5.41, 5.74) is 3.07. The highest BCUT2D eigenvalue weighted by atomic mass is 35.5. The smallest absolute Gasteiger partial charge is 0.198 e. The lowest BCUT2D eigenvalue weighted by Gasteiger charge is -2.31. The van der Waals surface area contributed by atoms with Crippen LogP contribution in [0.25, 0.3) is 22.2 Å². The first-order valence-electron chi connectivity index (χ1n) is 10.8. The predicted octanol–water partition coefficient (Wildman–Crippen LogP) is 7.76. The molecule has 0 spiro atoms. The van der Waals surface area contributed by atoms with Crippen LogP contribution in [0.1, 0.15) is 55.9 Å². The maximum atomic E-state index is 13.8. The van der Waals surface area contributed by atoms with Gasteiger partial charge in [-0.25, -0.2) is 9.37 Å². The molecule has 2 aromatic carbocycles. The molecule has 0 bridgehead atoms. The molecule has 1 saturated carbocycles. The Bertz CT molecular complexity index is 1200. The van der Waals surface area contributed by atoms with Gasteiger partial charge in [0.05, 0.1) is 11.7 Å². The van der Waals surface area contributed by atoms with E-state index >= 15 is 0 Å². The number of pyridine rings is 1. The van der Waals surface area contributed by atoms with E-state index in [9.17, 15) is 4.39 Å². The van der Waals surface area contributed by atoms with E-state index in [4.69, 9.17) is 16.0 Å². The molecule has 0 N–H and O–H groups in total. The van der Waals surface area contributed by atoms with E-state index in [1.165, 1.54) is 11.6 Å². The van der Waals surface area contributed by atoms with Crippen molar-refractivity contribution in [2.24, 2.45) is 5.92 Å². The normalized spacial score (nSPS) is 20.1. The van der Waals surface area contributed by atoms with Crippen molar-refractivity contribution in [2.75, 3.05) is 0 Å². The molecule has 5 rings (SSSR count). The summed E-state index contributed by atoms with van der Waals surface area (Å²) in [6.45, 7) is 2.21. The van der Waals surface area contributed by atoms with E-state index in [-0.39, 0.29) is 11.7 Å². The summed E-state index contributed by atoms with van der Waals surface area (Å²) in [5, 5.41) is 1.65. The molecule has 0 amide bonds. The number of nitrogens with zero attached hydrogens (tertiary/aromatic N) is 2. The molecule has 1 fully saturated rings. The second kappa shape index (κ2) is 8.43. The molecule has 3 nitrogen and oxygen atoms in total. The van der Waals surface area contributed by atoms with Gasteiger partial charge < -0.3 is 4.42 Å². The van der Waals surface area contributed by atoms with Crippen LogP contribution in [0.5, 0.6) is 0 Å². The van der Waals surface area contributed by atoms with Crippen molar-refractivity contribution in [1.29, 1.82) is 0 Å². The lowest BCUT2D eigenvalue weighted by molar-refractivity contribution is 0.266. The molecule has 1 atom stereocenters. The van der Waals surface area contributed by atoms with Crippen molar-refractivity contribution in [3.8, 4) is 11.3 Å². The fourth-order valence-electron chi connectivity index (χ4n) is 4.87. The molecule has 0 unspecified atom stereocenters. The van der Waals surface area contributed by atoms with Gasteiger partial charge in [0.25, 0.3) is 0 Å². The number of hydrogen-bond acceptors (Lipinski definition) is 3. The van der Waals surface area contributed by atoms with Crippen molar-refractivity contribution in [3.05, 3.63) is 83.2 Å². The van der Waals surface area contributed by atoms with Crippen LogP contribution in [-0.4, -0.2) is 9.97 Å². The molecule has 0 aliphatic heterocycles. The first kappa shape index (κ1) is 20.2. The minimum atomic E-state index is -0.204. The van der Waals surface area contributed by atoms with Gasteiger partial charge in [0.15, 0.2) is 11.7 Å². The Morgan fingerprint density at radius 3 is 2.55 bits per heavy atom. The third-order valence-electron chi connectivity index (χ3n) is 6.70. The van der Waals surface area contributed by atoms with Crippen molar-refractivity contribution in [3.63, 3.8) is 0 Å². The fourth-order valence-corrected chi connectivity index (χ4v) is 5.00. The number of hydrogen-bond donors (Lipinski definition) is 0. The lowest BCUT2D eigenvalue weighted by atomic mass is 9.74. The summed E-state index contributed by atoms with van der Waals surface area (Å²) in [7, 11) is 0. The van der Waals surface area contributed by atoms with Crippen LogP contribution in [0.2, 0.25) is 5.02 Å². The number of benzene rings is 2. The number of fused-ring (bicyclic) bond motifs is 1. The molecule has 5 heteroatoms. The van der Waals surface area contributed by atoms with Gasteiger partial charge in [-0.05, 0) is 91.6 Å². The minimum Gasteiger partial charge on any atom is -0.440 e. The Labute approximate surface area is 186 Å². The monoisotopic (exact) mass is 434 g/mol. The van der Waals surface area contributed by atoms with Crippen LogP contribution in [0.3, 0.4) is 0 Å². The second-order valence-corrected chi connectivity index (χ2v) is 8.97. The highest BCUT2D eigenvalue weighted by Gasteiger charge is 2.30. The van der Waals surface area contributed by atoms with Crippen LogP contribution in [0.15, 0.2) is 65.3 Å². The molecule has 31 heavy (non-hydrogen) atoms. The van der Waals surface area contributed by atoms with Crippen molar-refractivity contribution >= 4 is 22.5 Å². The third kappa shape index (κ3) is 4.09. The molecule has 0 saturated heterocycles. The third-order valence-corrected chi connectivity index (χ3v) is 6.95. The zero-order valence-corrected chi connectivity index (χ0v) is 18.1. The summed E-state index contributed by atoms with van der Waals surface area (Å²) in [6, 6.07) is 14.5. The van der Waals surface area contributed by atoms with E-state index in [1.54, 1.807) is 18.3 Å². The summed E-state index contributed by atoms with van der Waals surface area (Å²) < 4.78 is 19.9. The summed E-state index contributed by atoms with van der Waals surface area (Å²) in [5.74, 6) is 2.59. The average molecular weight is 435 g/mol. The van der Waals surface area contributed by atoms with Gasteiger partial charge in [0.1, 0.15) is 5.82 Å². The Kier molecular flexibility index (Phi) is 5.49. The van der Waals surface area contributed by atoms with E-state index in [2.05, 4.69) is 23.0 Å². The van der Waals surface area contributed by atoms with Gasteiger partial charge in [-0.1, -0.05) is 18.5 Å². The number of oxazole rings is 1. The Morgan fingerprint density at radius 2 is 1.77 bits per heavy atom. The van der Waals surface area contributed by atoms with Gasteiger partial charge in [0, 0.05) is 28.1 Å². The SMILES string of the molecule is C[C@@H](c1ncc(-c2ccc(Cl)cc2)o1)[C@H]1CC[C@@H](c2ccnc3ccc(F)cc32)CC1. The second-order valence-electron chi connectivity index (χ2n) is 8.53. The lowest BCUT2D eigenvalue weighted by Crippen LogP contribution is -2.18. The highest BCUT2D eigenvalue weighted by Crippen LogP contribution is 2.43. The summed E-state index contributed by atoms with van der Waals surface area (Å²) in [4.78, 5) is 8.97. The molecular weight excluding hydrogens is 411 g/mol. The standard InChI is InChI=1S/C26H24ClFN2O/c1-16(26-30-15-25(31-26)19-6-8-20(27)9-7-19)17-2-4-18(5-3-17)22-12-13-29-24-11-10-21(28)14-23(22)24/h6-18H,2-5H2,1H3/t16-,17-,18+/m1/s1. The highest BCUT2D eigenvalue weighted by molar-refractivity contribution is 6.30. The summed E-state index contributed by atoms with van der Waals surface area (Å²) in [6.07, 6.45) is 8.01. The average Bonchev–Trinajstić information content (AvgIpc) is 3.29. The number of aromatic nitrogens is 2. The van der Waals surface area contributed by atoms with Crippen LogP contribution < -0.4 is 0 Å². The van der Waals surface area contributed by atoms with E-state index < -0.39 is 0 Å². The topological polar surface area (TPSA) is 38.9 Å². The van der Waals surface area contributed by atoms with Crippen LogP contribution in [0.4, 0.5) is 4.39 Å². The van der Waals surface area contributed by atoms with Crippen LogP contribution in [-0.2, 0) is 0 Å². The minimum absolute atomic E-state index is 0.204. The van der Waals surface area contributed by atoms with Crippen LogP contribution in [0, 0.1) is 11.7 Å². The van der Waals surface area contributed by atoms with E-state index in [0.717, 1.165) is 53.8 Å². The number of rotatable bonds is 4. The molecule has 1 aliphatic rings. The molecule has 0 radical (unpaired) electrons. The van der Waals surface area contributed by atoms with Gasteiger partial charge in [-0.2, -0.15) is 0 Å². The van der Waals surface area contributed by atoms with Gasteiger partial charge in [-0.15, -0.1) is 0 Å². The molecule has 2 heterocycles.